The maximum Gasteiger partial charge on any atom is 0.339 e. The zero-order chi connectivity index (χ0) is 19.7. The number of aromatic nitrogens is 3. The molecule has 0 atom stereocenters. The van der Waals surface area contributed by atoms with Crippen molar-refractivity contribution in [2.45, 2.75) is 28.8 Å². The molecule has 0 aliphatic heterocycles. The fourth-order valence-electron chi connectivity index (χ4n) is 2.86. The van der Waals surface area contributed by atoms with Crippen LogP contribution in [-0.4, -0.2) is 32.8 Å². The average Bonchev–Trinajstić information content (AvgIpc) is 3.48. The molecule has 4 rings (SSSR count). The van der Waals surface area contributed by atoms with E-state index in [1.54, 1.807) is 0 Å². The van der Waals surface area contributed by atoms with Gasteiger partial charge in [0, 0.05) is 28.6 Å². The maximum absolute atomic E-state index is 12.2. The molecule has 0 unspecified atom stereocenters. The van der Waals surface area contributed by atoms with Crippen LogP contribution in [0.25, 0.3) is 5.69 Å². The third-order valence-corrected chi connectivity index (χ3v) is 5.42. The minimum absolute atomic E-state index is 0.122. The van der Waals surface area contributed by atoms with Gasteiger partial charge in [-0.05, 0) is 42.8 Å². The molecule has 1 fully saturated rings. The van der Waals surface area contributed by atoms with Crippen molar-refractivity contribution in [1.82, 2.24) is 14.8 Å². The van der Waals surface area contributed by atoms with Crippen LogP contribution in [0.1, 0.15) is 34.9 Å². The van der Waals surface area contributed by atoms with Crippen LogP contribution in [0.5, 0.6) is 0 Å². The van der Waals surface area contributed by atoms with Crippen molar-refractivity contribution in [2.24, 2.45) is 0 Å². The molecule has 8 nitrogen and oxygen atoms in total. The smallest absolute Gasteiger partial charge is 0.339 e. The Morgan fingerprint density at radius 3 is 2.61 bits per heavy atom. The molecule has 9 heteroatoms. The fourth-order valence-corrected chi connectivity index (χ4v) is 3.82. The number of nitro benzene ring substituents is 1. The third kappa shape index (κ3) is 3.48. The van der Waals surface area contributed by atoms with Gasteiger partial charge in [0.15, 0.2) is 0 Å². The molecule has 2 aromatic carbocycles. The number of para-hydroxylation sites is 1. The largest absolute Gasteiger partial charge is 0.465 e. The van der Waals surface area contributed by atoms with Crippen LogP contribution in [0.2, 0.25) is 0 Å². The minimum atomic E-state index is -0.639. The van der Waals surface area contributed by atoms with E-state index in [-0.39, 0.29) is 11.3 Å². The van der Waals surface area contributed by atoms with Crippen molar-refractivity contribution in [2.75, 3.05) is 7.11 Å². The molecular formula is C19H16N4O4S. The molecule has 0 radical (unpaired) electrons. The van der Waals surface area contributed by atoms with E-state index in [0.29, 0.717) is 16.0 Å². The molecule has 0 spiro atoms. The molecule has 0 N–H and O–H groups in total. The van der Waals surface area contributed by atoms with E-state index in [1.807, 2.05) is 34.9 Å². The molecule has 1 aliphatic carbocycles. The summed E-state index contributed by atoms with van der Waals surface area (Å²) >= 11 is 1.23. The molecule has 1 aliphatic rings. The number of rotatable bonds is 6. The van der Waals surface area contributed by atoms with Crippen molar-refractivity contribution < 1.29 is 14.5 Å². The molecule has 0 amide bonds. The number of carbonyl (C=O) groups excluding carboxylic acids is 1. The molecule has 142 valence electrons. The molecular weight excluding hydrogens is 380 g/mol. The molecule has 1 heterocycles. The first-order valence-corrected chi connectivity index (χ1v) is 9.45. The van der Waals surface area contributed by atoms with Crippen LogP contribution in [0.15, 0.2) is 58.6 Å². The lowest BCUT2D eigenvalue weighted by atomic mass is 10.2. The van der Waals surface area contributed by atoms with Crippen LogP contribution < -0.4 is 0 Å². The van der Waals surface area contributed by atoms with Gasteiger partial charge in [0.2, 0.25) is 5.16 Å². The summed E-state index contributed by atoms with van der Waals surface area (Å²) in [6, 6.07) is 13.9. The zero-order valence-electron chi connectivity index (χ0n) is 14.9. The number of esters is 1. The topological polar surface area (TPSA) is 100 Å². The van der Waals surface area contributed by atoms with Crippen LogP contribution in [0.3, 0.4) is 0 Å². The number of ether oxygens (including phenoxy) is 1. The lowest BCUT2D eigenvalue weighted by Gasteiger charge is -2.11. The fraction of sp³-hybridized carbons (Fsp3) is 0.211. The minimum Gasteiger partial charge on any atom is -0.465 e. The molecule has 1 aromatic heterocycles. The van der Waals surface area contributed by atoms with Gasteiger partial charge in [-0.25, -0.2) is 4.79 Å². The van der Waals surface area contributed by atoms with Crippen LogP contribution >= 0.6 is 11.8 Å². The van der Waals surface area contributed by atoms with E-state index < -0.39 is 10.9 Å². The second kappa shape index (κ2) is 7.43. The van der Waals surface area contributed by atoms with Gasteiger partial charge in [-0.3, -0.25) is 14.7 Å². The summed E-state index contributed by atoms with van der Waals surface area (Å²) in [6.45, 7) is 0. The van der Waals surface area contributed by atoms with E-state index in [2.05, 4.69) is 10.2 Å². The van der Waals surface area contributed by atoms with Crippen molar-refractivity contribution in [3.63, 3.8) is 0 Å². The molecule has 0 saturated heterocycles. The first kappa shape index (κ1) is 18.2. The number of non-ortho nitro benzene ring substituents is 1. The van der Waals surface area contributed by atoms with E-state index in [9.17, 15) is 14.9 Å². The number of hydrogen-bond donors (Lipinski definition) is 0. The van der Waals surface area contributed by atoms with E-state index in [0.717, 1.165) is 24.4 Å². The number of nitrogens with zero attached hydrogens (tertiary/aromatic N) is 4. The van der Waals surface area contributed by atoms with E-state index >= 15 is 0 Å². The van der Waals surface area contributed by atoms with E-state index in [1.165, 1.54) is 37.1 Å². The van der Waals surface area contributed by atoms with Gasteiger partial charge in [-0.15, -0.1) is 10.2 Å². The normalized spacial score (nSPS) is 13.3. The summed E-state index contributed by atoms with van der Waals surface area (Å²) in [6.07, 6.45) is 2.14. The number of hydrogen-bond acceptors (Lipinski definition) is 7. The third-order valence-electron chi connectivity index (χ3n) is 4.40. The highest BCUT2D eigenvalue weighted by Gasteiger charge is 2.31. The Hall–Kier alpha value is -3.20. The highest BCUT2D eigenvalue weighted by molar-refractivity contribution is 7.99. The number of methoxy groups -OCH3 is 1. The predicted octanol–water partition coefficient (Wildman–Crippen LogP) is 3.99. The van der Waals surface area contributed by atoms with Crippen LogP contribution in [0, 0.1) is 10.1 Å². The SMILES string of the molecule is COC(=O)c1cc([N+](=O)[O-])ccc1Sc1nnc(C2CC2)n1-c1ccccc1. The number of nitro groups is 1. The number of benzene rings is 2. The highest BCUT2D eigenvalue weighted by Crippen LogP contribution is 2.42. The van der Waals surface area contributed by atoms with E-state index in [4.69, 9.17) is 4.74 Å². The number of carbonyl (C=O) groups is 1. The van der Waals surface area contributed by atoms with Gasteiger partial charge in [0.25, 0.3) is 5.69 Å². The van der Waals surface area contributed by atoms with Crippen LogP contribution in [-0.2, 0) is 4.74 Å². The monoisotopic (exact) mass is 396 g/mol. The molecule has 3 aromatic rings. The predicted molar refractivity (Wildman–Crippen MR) is 102 cm³/mol. The summed E-state index contributed by atoms with van der Waals surface area (Å²) in [4.78, 5) is 23.2. The van der Waals surface area contributed by atoms with Crippen molar-refractivity contribution in [1.29, 1.82) is 0 Å². The van der Waals surface area contributed by atoms with Gasteiger partial charge in [0.05, 0.1) is 17.6 Å². The summed E-state index contributed by atoms with van der Waals surface area (Å²) in [5.74, 6) is 0.619. The summed E-state index contributed by atoms with van der Waals surface area (Å²) in [7, 11) is 1.24. The molecule has 0 bridgehead atoms. The Morgan fingerprint density at radius 2 is 1.96 bits per heavy atom. The second-order valence-corrected chi connectivity index (χ2v) is 7.33. The average molecular weight is 396 g/mol. The molecule has 28 heavy (non-hydrogen) atoms. The Bertz CT molecular complexity index is 1050. The Balaban J connectivity index is 1.78. The van der Waals surface area contributed by atoms with Gasteiger partial charge in [-0.2, -0.15) is 0 Å². The second-order valence-electron chi connectivity index (χ2n) is 6.32. The van der Waals surface area contributed by atoms with Gasteiger partial charge in [0.1, 0.15) is 5.82 Å². The van der Waals surface area contributed by atoms with Gasteiger partial charge >= 0.3 is 5.97 Å². The highest BCUT2D eigenvalue weighted by atomic mass is 32.2. The van der Waals surface area contributed by atoms with Gasteiger partial charge < -0.3 is 4.74 Å². The Labute approximate surface area is 164 Å². The summed E-state index contributed by atoms with van der Waals surface area (Å²) in [5.41, 5.74) is 0.878. The zero-order valence-corrected chi connectivity index (χ0v) is 15.8. The van der Waals surface area contributed by atoms with Crippen molar-refractivity contribution in [3.05, 3.63) is 70.0 Å². The van der Waals surface area contributed by atoms with Gasteiger partial charge in [-0.1, -0.05) is 18.2 Å². The van der Waals surface area contributed by atoms with Crippen molar-refractivity contribution in [3.8, 4) is 5.69 Å². The standard InChI is InChI=1S/C19H16N4O4S/c1-27-18(24)15-11-14(23(25)26)9-10-16(15)28-19-21-20-17(12-7-8-12)22(19)13-5-3-2-4-6-13/h2-6,9-12H,7-8H2,1H3. The lowest BCUT2D eigenvalue weighted by Crippen LogP contribution is -2.05. The van der Waals surface area contributed by atoms with Crippen LogP contribution in [0.4, 0.5) is 5.69 Å². The lowest BCUT2D eigenvalue weighted by molar-refractivity contribution is -0.384. The Morgan fingerprint density at radius 1 is 1.21 bits per heavy atom. The summed E-state index contributed by atoms with van der Waals surface area (Å²) in [5, 5.41) is 20.3. The first-order valence-electron chi connectivity index (χ1n) is 8.64. The van der Waals surface area contributed by atoms with Crippen molar-refractivity contribution >= 4 is 23.4 Å². The quantitative estimate of drug-likeness (QED) is 0.353. The first-order chi connectivity index (χ1) is 13.6. The summed E-state index contributed by atoms with van der Waals surface area (Å²) < 4.78 is 6.78. The Kier molecular flexibility index (Phi) is 4.82. The maximum atomic E-state index is 12.2. The molecule has 1 saturated carbocycles.